The van der Waals surface area contributed by atoms with E-state index in [2.05, 4.69) is 10.3 Å². The molecule has 0 unspecified atom stereocenters. The summed E-state index contributed by atoms with van der Waals surface area (Å²) in [6.45, 7) is 3.53. The van der Waals surface area contributed by atoms with E-state index in [1.807, 2.05) is 38.1 Å². The number of aliphatic imine (C=N–C) groups is 1. The van der Waals surface area contributed by atoms with Gasteiger partial charge in [0, 0.05) is 21.9 Å². The van der Waals surface area contributed by atoms with Gasteiger partial charge in [0.15, 0.2) is 18.1 Å². The molecule has 1 N–H and O–H groups in total. The normalized spacial score (nSPS) is 10.9. The Morgan fingerprint density at radius 2 is 1.81 bits per heavy atom. The average Bonchev–Trinajstić information content (AvgIpc) is 2.76. The monoisotopic (exact) mass is 490 g/mol. The van der Waals surface area contributed by atoms with E-state index in [9.17, 15) is 4.79 Å². The first kappa shape index (κ1) is 23.9. The number of carbonyl (C=O) groups excluding carboxylic acids is 1. The maximum atomic E-state index is 12.3. The molecule has 0 spiro atoms. The fraction of sp³-hybridized carbons (Fsp3) is 0.167. The quantitative estimate of drug-likeness (QED) is 0.361. The van der Waals surface area contributed by atoms with Crippen LogP contribution in [0, 0.1) is 13.8 Å². The van der Waals surface area contributed by atoms with Crippen molar-refractivity contribution in [2.45, 2.75) is 13.8 Å². The van der Waals surface area contributed by atoms with Gasteiger partial charge in [-0.15, -0.1) is 0 Å². The summed E-state index contributed by atoms with van der Waals surface area (Å²) in [5, 5.41) is 4.24. The van der Waals surface area contributed by atoms with Gasteiger partial charge in [-0.3, -0.25) is 9.79 Å². The number of methoxy groups -OCH3 is 1. The topological polar surface area (TPSA) is 59.9 Å². The van der Waals surface area contributed by atoms with Gasteiger partial charge in [0.2, 0.25) is 0 Å². The Morgan fingerprint density at radius 1 is 1.03 bits per heavy atom. The zero-order valence-corrected chi connectivity index (χ0v) is 20.0. The van der Waals surface area contributed by atoms with Gasteiger partial charge in [-0.25, -0.2) is 0 Å². The predicted octanol–water partition coefficient (Wildman–Crippen LogP) is 7.04. The van der Waals surface area contributed by atoms with E-state index in [1.165, 1.54) is 7.11 Å². The molecule has 3 rings (SSSR count). The number of aryl methyl sites for hydroxylation is 1. The average molecular weight is 492 g/mol. The maximum Gasteiger partial charge on any atom is 0.262 e. The highest BCUT2D eigenvalue weighted by atomic mass is 35.5. The van der Waals surface area contributed by atoms with Gasteiger partial charge in [-0.2, -0.15) is 0 Å². The summed E-state index contributed by atoms with van der Waals surface area (Å²) in [7, 11) is 1.49. The fourth-order valence-corrected chi connectivity index (χ4v) is 3.46. The highest BCUT2D eigenvalue weighted by molar-refractivity contribution is 6.33. The standard InChI is InChI=1S/C24H21Cl3N2O3/c1-14-7-8-17(11-19(14)26)29-23(30)13-32-24-20(27)9-16(10-22(24)31-3)12-28-21-6-4-5-18(25)15(21)2/h4-12H,13H2,1-3H3,(H,29,30). The van der Waals surface area contributed by atoms with Gasteiger partial charge >= 0.3 is 0 Å². The van der Waals surface area contributed by atoms with Crippen molar-refractivity contribution in [1.82, 2.24) is 0 Å². The Morgan fingerprint density at radius 3 is 2.53 bits per heavy atom. The Hall–Kier alpha value is -2.73. The molecule has 5 nitrogen and oxygen atoms in total. The third-order valence-corrected chi connectivity index (χ3v) is 5.74. The molecule has 0 fully saturated rings. The van der Waals surface area contributed by atoms with Gasteiger partial charge in [0.05, 0.1) is 17.8 Å². The molecule has 3 aromatic carbocycles. The largest absolute Gasteiger partial charge is 0.493 e. The van der Waals surface area contributed by atoms with Crippen molar-refractivity contribution >= 4 is 58.3 Å². The molecule has 166 valence electrons. The lowest BCUT2D eigenvalue weighted by molar-refractivity contribution is -0.118. The fourth-order valence-electron chi connectivity index (χ4n) is 2.84. The second-order valence-corrected chi connectivity index (χ2v) is 8.20. The van der Waals surface area contributed by atoms with Crippen LogP contribution in [0.4, 0.5) is 11.4 Å². The second kappa shape index (κ2) is 10.7. The Balaban J connectivity index is 1.72. The zero-order valence-electron chi connectivity index (χ0n) is 17.7. The van der Waals surface area contributed by atoms with Crippen LogP contribution < -0.4 is 14.8 Å². The molecule has 0 aliphatic heterocycles. The van der Waals surface area contributed by atoms with Crippen molar-refractivity contribution in [1.29, 1.82) is 0 Å². The molecule has 0 radical (unpaired) electrons. The van der Waals surface area contributed by atoms with E-state index in [0.29, 0.717) is 32.1 Å². The molecular weight excluding hydrogens is 471 g/mol. The van der Waals surface area contributed by atoms with Crippen molar-refractivity contribution < 1.29 is 14.3 Å². The van der Waals surface area contributed by atoms with Crippen molar-refractivity contribution in [3.8, 4) is 11.5 Å². The number of nitrogens with zero attached hydrogens (tertiary/aromatic N) is 1. The van der Waals surface area contributed by atoms with E-state index >= 15 is 0 Å². The first-order valence-corrected chi connectivity index (χ1v) is 10.8. The summed E-state index contributed by atoms with van der Waals surface area (Å²) in [6, 6.07) is 14.2. The van der Waals surface area contributed by atoms with Crippen molar-refractivity contribution in [3.63, 3.8) is 0 Å². The van der Waals surface area contributed by atoms with Crippen LogP contribution in [-0.2, 0) is 4.79 Å². The number of ether oxygens (including phenoxy) is 2. The highest BCUT2D eigenvalue weighted by Crippen LogP contribution is 2.36. The lowest BCUT2D eigenvalue weighted by Crippen LogP contribution is -2.20. The molecule has 0 atom stereocenters. The number of anilines is 1. The van der Waals surface area contributed by atoms with E-state index in [4.69, 9.17) is 44.3 Å². The zero-order chi connectivity index (χ0) is 23.3. The predicted molar refractivity (Wildman–Crippen MR) is 132 cm³/mol. The molecule has 0 aromatic heterocycles. The van der Waals surface area contributed by atoms with Gasteiger partial charge in [0.1, 0.15) is 0 Å². The first-order valence-electron chi connectivity index (χ1n) is 9.64. The number of nitrogens with one attached hydrogen (secondary N) is 1. The third kappa shape index (κ3) is 5.94. The molecular formula is C24H21Cl3N2O3. The molecule has 0 aliphatic carbocycles. The van der Waals surface area contributed by atoms with Gasteiger partial charge in [-0.1, -0.05) is 46.9 Å². The van der Waals surface area contributed by atoms with Crippen LogP contribution in [0.5, 0.6) is 11.5 Å². The Labute approximate surface area is 201 Å². The van der Waals surface area contributed by atoms with Crippen LogP contribution in [0.2, 0.25) is 15.1 Å². The van der Waals surface area contributed by atoms with Crippen molar-refractivity contribution in [3.05, 3.63) is 80.3 Å². The number of rotatable bonds is 7. The summed E-state index contributed by atoms with van der Waals surface area (Å²) in [5.41, 5.74) is 3.84. The number of benzene rings is 3. The highest BCUT2D eigenvalue weighted by Gasteiger charge is 2.14. The number of amides is 1. The molecule has 8 heteroatoms. The molecule has 1 amide bonds. The number of carbonyl (C=O) groups is 1. The van der Waals surface area contributed by atoms with E-state index in [0.717, 1.165) is 16.8 Å². The summed E-state index contributed by atoms with van der Waals surface area (Å²) in [5.74, 6) is 0.292. The van der Waals surface area contributed by atoms with Crippen LogP contribution in [0.1, 0.15) is 16.7 Å². The van der Waals surface area contributed by atoms with Gasteiger partial charge in [-0.05, 0) is 66.9 Å². The lowest BCUT2D eigenvalue weighted by atomic mass is 10.2. The number of hydrogen-bond acceptors (Lipinski definition) is 4. The van der Waals surface area contributed by atoms with Gasteiger partial charge < -0.3 is 14.8 Å². The Bertz CT molecular complexity index is 1180. The number of hydrogen-bond donors (Lipinski definition) is 1. The van der Waals surface area contributed by atoms with Crippen LogP contribution in [0.3, 0.4) is 0 Å². The van der Waals surface area contributed by atoms with Gasteiger partial charge in [0.25, 0.3) is 5.91 Å². The van der Waals surface area contributed by atoms with Crippen LogP contribution in [0.15, 0.2) is 53.5 Å². The summed E-state index contributed by atoms with van der Waals surface area (Å²) < 4.78 is 11.0. The lowest BCUT2D eigenvalue weighted by Gasteiger charge is -2.13. The third-order valence-electron chi connectivity index (χ3n) is 4.65. The van der Waals surface area contributed by atoms with Crippen LogP contribution in [0.25, 0.3) is 0 Å². The smallest absolute Gasteiger partial charge is 0.262 e. The van der Waals surface area contributed by atoms with E-state index in [-0.39, 0.29) is 18.3 Å². The summed E-state index contributed by atoms with van der Waals surface area (Å²) >= 11 is 18.6. The van der Waals surface area contributed by atoms with E-state index < -0.39 is 0 Å². The minimum atomic E-state index is -0.356. The van der Waals surface area contributed by atoms with Crippen molar-refractivity contribution in [2.24, 2.45) is 4.99 Å². The first-order chi connectivity index (χ1) is 15.3. The van der Waals surface area contributed by atoms with Crippen molar-refractivity contribution in [2.75, 3.05) is 19.0 Å². The second-order valence-electron chi connectivity index (χ2n) is 6.98. The number of halogens is 3. The van der Waals surface area contributed by atoms with E-state index in [1.54, 1.807) is 30.5 Å². The molecule has 0 saturated carbocycles. The molecule has 0 aliphatic rings. The molecule has 0 bridgehead atoms. The summed E-state index contributed by atoms with van der Waals surface area (Å²) in [6.07, 6.45) is 1.66. The Kier molecular flexibility index (Phi) is 8.02. The SMILES string of the molecule is COc1cc(C=Nc2cccc(Cl)c2C)cc(Cl)c1OCC(=O)Nc1ccc(C)c(Cl)c1. The summed E-state index contributed by atoms with van der Waals surface area (Å²) in [4.78, 5) is 16.8. The minimum Gasteiger partial charge on any atom is -0.493 e. The van der Waals surface area contributed by atoms with Crippen LogP contribution in [-0.4, -0.2) is 25.8 Å². The molecule has 0 heterocycles. The molecule has 0 saturated heterocycles. The molecule has 3 aromatic rings. The minimum absolute atomic E-state index is 0.253. The maximum absolute atomic E-state index is 12.3. The van der Waals surface area contributed by atoms with Crippen LogP contribution >= 0.6 is 34.8 Å². The molecule has 32 heavy (non-hydrogen) atoms.